The molecule has 0 aliphatic heterocycles. The van der Waals surface area contributed by atoms with E-state index in [1.807, 2.05) is 60.7 Å². The average Bonchev–Trinajstić information content (AvgIpc) is 3.04. The zero-order valence-corrected chi connectivity index (χ0v) is 16.9. The molecule has 156 valence electrons. The molecule has 0 unspecified atom stereocenters. The Hall–Kier alpha value is -4.13. The average molecular weight is 415 g/mol. The summed E-state index contributed by atoms with van der Waals surface area (Å²) in [5.41, 5.74) is 1.13. The van der Waals surface area contributed by atoms with Crippen molar-refractivity contribution in [2.45, 2.75) is 13.0 Å². The standard InChI is InChI=1S/C24H21N3O4/c1-30-18-9-11-20(12-10-18)31-19-6-2-5-17(7-8-19)27-22-21(23(28)24(22)29)26-15-16-4-3-13-25-14-16/h3-14,26-27H,2,15H2,1H3. The van der Waals surface area contributed by atoms with Crippen molar-refractivity contribution in [1.82, 2.24) is 4.98 Å². The van der Waals surface area contributed by atoms with Crippen molar-refractivity contribution in [2.75, 3.05) is 17.7 Å². The number of rotatable bonds is 8. The van der Waals surface area contributed by atoms with Crippen LogP contribution in [0.2, 0.25) is 0 Å². The molecule has 3 aromatic rings. The first-order chi connectivity index (χ1) is 15.1. The second-order valence-electron chi connectivity index (χ2n) is 6.86. The van der Waals surface area contributed by atoms with E-state index in [0.717, 1.165) is 11.3 Å². The third-order valence-electron chi connectivity index (χ3n) is 4.75. The monoisotopic (exact) mass is 415 g/mol. The van der Waals surface area contributed by atoms with Gasteiger partial charge in [0.2, 0.25) is 0 Å². The fourth-order valence-corrected chi connectivity index (χ4v) is 3.08. The summed E-state index contributed by atoms with van der Waals surface area (Å²) in [7, 11) is 1.61. The number of hydrogen-bond donors (Lipinski definition) is 2. The molecule has 1 aliphatic rings. The Balaban J connectivity index is 1.40. The highest BCUT2D eigenvalue weighted by atomic mass is 16.5. The number of benzene rings is 1. The van der Waals surface area contributed by atoms with Gasteiger partial charge in [0.1, 0.15) is 28.6 Å². The molecule has 0 saturated heterocycles. The Morgan fingerprint density at radius 3 is 2.48 bits per heavy atom. The second kappa shape index (κ2) is 9.13. The second-order valence-corrected chi connectivity index (χ2v) is 6.86. The third kappa shape index (κ3) is 4.72. The van der Waals surface area contributed by atoms with E-state index < -0.39 is 10.9 Å². The first kappa shape index (κ1) is 20.2. The van der Waals surface area contributed by atoms with E-state index in [1.165, 1.54) is 0 Å². The van der Waals surface area contributed by atoms with E-state index in [1.54, 1.807) is 19.5 Å². The number of hydrogen-bond acceptors (Lipinski definition) is 7. The minimum atomic E-state index is -0.533. The van der Waals surface area contributed by atoms with Gasteiger partial charge in [-0.1, -0.05) is 12.1 Å². The summed E-state index contributed by atoms with van der Waals surface area (Å²) in [5, 5.41) is 6.09. The first-order valence-electron chi connectivity index (χ1n) is 9.77. The summed E-state index contributed by atoms with van der Waals surface area (Å²) in [6.45, 7) is 0.406. The van der Waals surface area contributed by atoms with E-state index in [9.17, 15) is 9.59 Å². The molecule has 4 rings (SSSR count). The summed E-state index contributed by atoms with van der Waals surface area (Å²) in [6, 6.07) is 11.0. The largest absolute Gasteiger partial charge is 0.497 e. The smallest absolute Gasteiger partial charge is 0.253 e. The number of pyridine rings is 1. The molecule has 1 heterocycles. The Morgan fingerprint density at radius 2 is 1.74 bits per heavy atom. The van der Waals surface area contributed by atoms with Crippen LogP contribution in [0.5, 0.6) is 11.5 Å². The highest BCUT2D eigenvalue weighted by Crippen LogP contribution is 2.23. The van der Waals surface area contributed by atoms with Gasteiger partial charge in [0.25, 0.3) is 10.9 Å². The number of anilines is 2. The lowest BCUT2D eigenvalue weighted by Crippen LogP contribution is -2.37. The minimum Gasteiger partial charge on any atom is -0.497 e. The van der Waals surface area contributed by atoms with Crippen LogP contribution in [0.4, 0.5) is 11.4 Å². The van der Waals surface area contributed by atoms with E-state index in [0.29, 0.717) is 30.2 Å². The number of allylic oxidation sites excluding steroid dienone is 4. The van der Waals surface area contributed by atoms with Gasteiger partial charge >= 0.3 is 0 Å². The van der Waals surface area contributed by atoms with Gasteiger partial charge in [-0.2, -0.15) is 0 Å². The van der Waals surface area contributed by atoms with Crippen molar-refractivity contribution in [1.29, 1.82) is 0 Å². The summed E-state index contributed by atoms with van der Waals surface area (Å²) < 4.78 is 11.0. The highest BCUT2D eigenvalue weighted by Gasteiger charge is 2.21. The summed E-state index contributed by atoms with van der Waals surface area (Å²) in [4.78, 5) is 28.1. The topological polar surface area (TPSA) is 89.6 Å². The first-order valence-corrected chi connectivity index (χ1v) is 9.77. The molecular formula is C24H21N3O4. The number of ether oxygens (including phenoxy) is 2. The third-order valence-corrected chi connectivity index (χ3v) is 4.75. The Labute approximate surface area is 179 Å². The molecule has 0 fully saturated rings. The van der Waals surface area contributed by atoms with Crippen LogP contribution in [0.1, 0.15) is 12.0 Å². The lowest BCUT2D eigenvalue weighted by molar-refractivity contribution is 0.410. The highest BCUT2D eigenvalue weighted by molar-refractivity contribution is 5.76. The Morgan fingerprint density at radius 1 is 0.968 bits per heavy atom. The van der Waals surface area contributed by atoms with Gasteiger partial charge in [-0.25, -0.2) is 0 Å². The van der Waals surface area contributed by atoms with Gasteiger partial charge in [-0.15, -0.1) is 0 Å². The van der Waals surface area contributed by atoms with Crippen molar-refractivity contribution in [3.63, 3.8) is 0 Å². The molecule has 7 nitrogen and oxygen atoms in total. The van der Waals surface area contributed by atoms with Crippen LogP contribution in [0.25, 0.3) is 0 Å². The summed E-state index contributed by atoms with van der Waals surface area (Å²) >= 11 is 0. The van der Waals surface area contributed by atoms with Crippen molar-refractivity contribution >= 4 is 11.4 Å². The Kier molecular flexibility index (Phi) is 5.93. The molecule has 31 heavy (non-hydrogen) atoms. The van der Waals surface area contributed by atoms with Gasteiger partial charge in [0, 0.05) is 24.6 Å². The van der Waals surface area contributed by atoms with Crippen molar-refractivity contribution in [3.05, 3.63) is 111 Å². The zero-order valence-electron chi connectivity index (χ0n) is 16.9. The number of nitrogens with zero attached hydrogens (tertiary/aromatic N) is 1. The van der Waals surface area contributed by atoms with Crippen molar-refractivity contribution in [2.24, 2.45) is 0 Å². The van der Waals surface area contributed by atoms with E-state index in [4.69, 9.17) is 9.47 Å². The fourth-order valence-electron chi connectivity index (χ4n) is 3.08. The maximum atomic E-state index is 12.1. The normalized spacial score (nSPS) is 13.2. The van der Waals surface area contributed by atoms with E-state index in [-0.39, 0.29) is 11.4 Å². The predicted molar refractivity (Wildman–Crippen MR) is 120 cm³/mol. The molecule has 0 radical (unpaired) electrons. The van der Waals surface area contributed by atoms with Crippen molar-refractivity contribution < 1.29 is 9.47 Å². The molecule has 2 N–H and O–H groups in total. The van der Waals surface area contributed by atoms with Gasteiger partial charge in [0.15, 0.2) is 0 Å². The maximum Gasteiger partial charge on any atom is 0.253 e. The van der Waals surface area contributed by atoms with Crippen LogP contribution in [0.15, 0.2) is 94.1 Å². The predicted octanol–water partition coefficient (Wildman–Crippen LogP) is 3.52. The summed E-state index contributed by atoms with van der Waals surface area (Å²) in [5.74, 6) is 2.13. The van der Waals surface area contributed by atoms with Gasteiger partial charge in [0.05, 0.1) is 7.11 Å². The van der Waals surface area contributed by atoms with Crippen LogP contribution in [0, 0.1) is 0 Å². The summed E-state index contributed by atoms with van der Waals surface area (Å²) in [6.07, 6.45) is 11.5. The van der Waals surface area contributed by atoms with Gasteiger partial charge in [-0.05, 0) is 60.5 Å². The lowest BCUT2D eigenvalue weighted by Gasteiger charge is -2.15. The SMILES string of the molecule is COc1ccc(OC2=CCC=C(Nc3c(NCc4cccnc4)c(=O)c3=O)C=C2)cc1. The van der Waals surface area contributed by atoms with Crippen LogP contribution >= 0.6 is 0 Å². The molecule has 0 amide bonds. The number of aromatic nitrogens is 1. The molecular weight excluding hydrogens is 394 g/mol. The number of methoxy groups -OCH3 is 1. The molecule has 1 aromatic heterocycles. The molecule has 7 heteroatoms. The molecule has 2 aromatic carbocycles. The molecule has 0 bridgehead atoms. The van der Waals surface area contributed by atoms with Crippen LogP contribution in [-0.4, -0.2) is 12.1 Å². The molecule has 0 atom stereocenters. The molecule has 0 saturated carbocycles. The number of nitrogens with one attached hydrogen (secondary N) is 2. The quantitative estimate of drug-likeness (QED) is 0.544. The van der Waals surface area contributed by atoms with Gasteiger partial charge in [-0.3, -0.25) is 14.6 Å². The van der Waals surface area contributed by atoms with Crippen LogP contribution in [-0.2, 0) is 6.54 Å². The zero-order chi connectivity index (χ0) is 21.6. The van der Waals surface area contributed by atoms with Crippen LogP contribution in [0.3, 0.4) is 0 Å². The van der Waals surface area contributed by atoms with Crippen molar-refractivity contribution in [3.8, 4) is 11.5 Å². The van der Waals surface area contributed by atoms with Gasteiger partial charge < -0.3 is 20.1 Å². The Bertz CT molecular complexity index is 1220. The van der Waals surface area contributed by atoms with Crippen LogP contribution < -0.4 is 31.0 Å². The fraction of sp³-hybridized carbons (Fsp3) is 0.125. The molecule has 1 aliphatic carbocycles. The maximum absolute atomic E-state index is 12.1. The van der Waals surface area contributed by atoms with E-state index in [2.05, 4.69) is 15.6 Å². The minimum absolute atomic E-state index is 0.268. The van der Waals surface area contributed by atoms with E-state index >= 15 is 0 Å². The molecule has 0 spiro atoms. The lowest BCUT2D eigenvalue weighted by atomic mass is 10.1.